The molecule has 1 aliphatic rings. The summed E-state index contributed by atoms with van der Waals surface area (Å²) in [6.45, 7) is 15.4. The zero-order valence-corrected chi connectivity index (χ0v) is 18.8. The molecule has 0 bridgehead atoms. The maximum absolute atomic E-state index is 13.2. The fraction of sp³-hybridized carbons (Fsp3) is 0.667. The SMILES string of the molecule is CC1(C)CN(C(=O)NCCCCc2ccccc2)C(C)(C)C(C(C)(C)C)C1=O. The van der Waals surface area contributed by atoms with Crippen LogP contribution in [-0.4, -0.2) is 35.3 Å². The zero-order valence-electron chi connectivity index (χ0n) is 18.8. The van der Waals surface area contributed by atoms with Gasteiger partial charge in [0.15, 0.2) is 0 Å². The van der Waals surface area contributed by atoms with Crippen LogP contribution in [0.1, 0.15) is 66.9 Å². The maximum Gasteiger partial charge on any atom is 0.317 e. The number of hydrogen-bond acceptors (Lipinski definition) is 2. The minimum atomic E-state index is -0.530. The minimum Gasteiger partial charge on any atom is -0.338 e. The second-order valence-corrected chi connectivity index (χ2v) is 10.5. The summed E-state index contributed by atoms with van der Waals surface area (Å²) in [5.41, 5.74) is 0.0862. The topological polar surface area (TPSA) is 49.4 Å². The van der Waals surface area contributed by atoms with Crippen molar-refractivity contribution >= 4 is 11.8 Å². The van der Waals surface area contributed by atoms with Gasteiger partial charge < -0.3 is 10.2 Å². The van der Waals surface area contributed by atoms with Gasteiger partial charge in [0.2, 0.25) is 0 Å². The monoisotopic (exact) mass is 386 g/mol. The maximum atomic E-state index is 13.2. The highest BCUT2D eigenvalue weighted by atomic mass is 16.2. The van der Waals surface area contributed by atoms with E-state index in [9.17, 15) is 9.59 Å². The standard InChI is InChI=1S/C24H38N2O2/c1-22(2,3)19-20(27)23(4,5)17-26(24(19,6)7)21(28)25-16-12-11-15-18-13-9-8-10-14-18/h8-10,13-14,19H,11-12,15-17H2,1-7H3,(H,25,28). The van der Waals surface area contributed by atoms with E-state index in [4.69, 9.17) is 0 Å². The van der Waals surface area contributed by atoms with Gasteiger partial charge in [0.05, 0.1) is 0 Å². The summed E-state index contributed by atoms with van der Waals surface area (Å²) in [4.78, 5) is 28.1. The molecule has 1 fully saturated rings. The Morgan fingerprint density at radius 3 is 2.29 bits per heavy atom. The number of piperidine rings is 1. The lowest BCUT2D eigenvalue weighted by molar-refractivity contribution is -0.150. The number of urea groups is 1. The van der Waals surface area contributed by atoms with E-state index < -0.39 is 11.0 Å². The molecule has 1 aliphatic heterocycles. The molecule has 1 heterocycles. The lowest BCUT2D eigenvalue weighted by atomic mass is 9.59. The lowest BCUT2D eigenvalue weighted by Crippen LogP contribution is -2.68. The second-order valence-electron chi connectivity index (χ2n) is 10.5. The Bertz CT molecular complexity index is 686. The van der Waals surface area contributed by atoms with Crippen LogP contribution in [0.4, 0.5) is 4.79 Å². The fourth-order valence-corrected chi connectivity index (χ4v) is 4.72. The largest absolute Gasteiger partial charge is 0.338 e. The third-order valence-electron chi connectivity index (χ3n) is 6.01. The Balaban J connectivity index is 1.98. The number of likely N-dealkylation sites (tertiary alicyclic amines) is 1. The summed E-state index contributed by atoms with van der Waals surface area (Å²) < 4.78 is 0. The lowest BCUT2D eigenvalue weighted by Gasteiger charge is -2.56. The minimum absolute atomic E-state index is 0.0560. The van der Waals surface area contributed by atoms with E-state index in [-0.39, 0.29) is 23.1 Å². The Labute approximate surface area is 171 Å². The van der Waals surface area contributed by atoms with E-state index in [0.717, 1.165) is 19.3 Å². The number of rotatable bonds is 5. The van der Waals surface area contributed by atoms with Crippen LogP contribution in [0, 0.1) is 16.7 Å². The highest BCUT2D eigenvalue weighted by Gasteiger charge is 2.56. The van der Waals surface area contributed by atoms with Crippen molar-refractivity contribution in [2.24, 2.45) is 16.7 Å². The molecular weight excluding hydrogens is 348 g/mol. The van der Waals surface area contributed by atoms with Gasteiger partial charge in [0, 0.05) is 30.0 Å². The van der Waals surface area contributed by atoms with Crippen LogP contribution >= 0.6 is 0 Å². The molecular formula is C24H38N2O2. The van der Waals surface area contributed by atoms with Crippen molar-refractivity contribution in [3.8, 4) is 0 Å². The molecule has 1 saturated heterocycles. The number of unbranched alkanes of at least 4 members (excludes halogenated alkanes) is 1. The molecule has 1 atom stereocenters. The Kier molecular flexibility index (Phi) is 6.62. The average molecular weight is 387 g/mol. The third kappa shape index (κ3) is 4.95. The number of benzene rings is 1. The molecule has 0 aliphatic carbocycles. The van der Waals surface area contributed by atoms with Crippen molar-refractivity contribution in [3.05, 3.63) is 35.9 Å². The van der Waals surface area contributed by atoms with Crippen LogP contribution in [0.2, 0.25) is 0 Å². The van der Waals surface area contributed by atoms with Crippen LogP contribution in [0.3, 0.4) is 0 Å². The van der Waals surface area contributed by atoms with Crippen molar-refractivity contribution in [3.63, 3.8) is 0 Å². The van der Waals surface area contributed by atoms with Gasteiger partial charge in [0.1, 0.15) is 5.78 Å². The van der Waals surface area contributed by atoms with Crippen LogP contribution < -0.4 is 5.32 Å². The van der Waals surface area contributed by atoms with E-state index >= 15 is 0 Å². The van der Waals surface area contributed by atoms with Crippen LogP contribution in [0.15, 0.2) is 30.3 Å². The summed E-state index contributed by atoms with van der Waals surface area (Å²) in [6, 6.07) is 10.4. The third-order valence-corrected chi connectivity index (χ3v) is 6.01. The van der Waals surface area contributed by atoms with Gasteiger partial charge >= 0.3 is 6.03 Å². The Morgan fingerprint density at radius 1 is 1.11 bits per heavy atom. The molecule has 2 rings (SSSR count). The first kappa shape index (κ1) is 22.4. The number of carbonyl (C=O) groups excluding carboxylic acids is 2. The predicted molar refractivity (Wildman–Crippen MR) is 115 cm³/mol. The summed E-state index contributed by atoms with van der Waals surface area (Å²) in [5, 5.41) is 3.09. The first-order valence-electron chi connectivity index (χ1n) is 10.5. The van der Waals surface area contributed by atoms with E-state index in [1.807, 2.05) is 38.7 Å². The van der Waals surface area contributed by atoms with Gasteiger partial charge in [-0.2, -0.15) is 0 Å². The molecule has 1 unspecified atom stereocenters. The summed E-state index contributed by atoms with van der Waals surface area (Å²) in [7, 11) is 0. The molecule has 0 saturated carbocycles. The van der Waals surface area contributed by atoms with Crippen LogP contribution in [0.25, 0.3) is 0 Å². The number of nitrogens with one attached hydrogen (secondary N) is 1. The smallest absolute Gasteiger partial charge is 0.317 e. The van der Waals surface area contributed by atoms with E-state index in [0.29, 0.717) is 13.1 Å². The number of hydrogen-bond donors (Lipinski definition) is 1. The van der Waals surface area contributed by atoms with E-state index in [2.05, 4.69) is 50.4 Å². The van der Waals surface area contributed by atoms with Gasteiger partial charge in [-0.05, 0) is 44.1 Å². The summed E-state index contributed by atoms with van der Waals surface area (Å²) in [6.07, 6.45) is 3.02. The Hall–Kier alpha value is -1.84. The molecule has 4 heteroatoms. The van der Waals surface area contributed by atoms with Gasteiger partial charge in [-0.1, -0.05) is 65.0 Å². The predicted octanol–water partition coefficient (Wildman–Crippen LogP) is 5.07. The van der Waals surface area contributed by atoms with E-state index in [1.54, 1.807) is 0 Å². The average Bonchev–Trinajstić information content (AvgIpc) is 2.57. The van der Waals surface area contributed by atoms with Crippen LogP contribution in [-0.2, 0) is 11.2 Å². The summed E-state index contributed by atoms with van der Waals surface area (Å²) in [5.74, 6) is 0.0597. The van der Waals surface area contributed by atoms with Crippen molar-refractivity contribution in [2.75, 3.05) is 13.1 Å². The van der Waals surface area contributed by atoms with Gasteiger partial charge in [-0.15, -0.1) is 0 Å². The molecule has 0 aromatic heterocycles. The number of Topliss-reactive ketones (excluding diaryl/α,β-unsaturated/α-hetero) is 1. The Morgan fingerprint density at radius 2 is 1.71 bits per heavy atom. The van der Waals surface area contributed by atoms with Gasteiger partial charge in [-0.25, -0.2) is 4.79 Å². The van der Waals surface area contributed by atoms with Crippen molar-refractivity contribution in [1.29, 1.82) is 0 Å². The molecule has 1 aromatic rings. The van der Waals surface area contributed by atoms with Crippen molar-refractivity contribution in [1.82, 2.24) is 10.2 Å². The number of amides is 2. The van der Waals surface area contributed by atoms with Gasteiger partial charge in [-0.3, -0.25) is 4.79 Å². The number of carbonyl (C=O) groups is 2. The quantitative estimate of drug-likeness (QED) is 0.718. The highest BCUT2D eigenvalue weighted by molar-refractivity contribution is 5.91. The highest BCUT2D eigenvalue weighted by Crippen LogP contribution is 2.47. The first-order valence-corrected chi connectivity index (χ1v) is 10.5. The molecule has 156 valence electrons. The van der Waals surface area contributed by atoms with E-state index in [1.165, 1.54) is 5.56 Å². The molecule has 1 aromatic carbocycles. The zero-order chi connectivity index (χ0) is 21.2. The molecule has 2 amide bonds. The van der Waals surface area contributed by atoms with Gasteiger partial charge in [0.25, 0.3) is 0 Å². The first-order chi connectivity index (χ1) is 12.9. The normalized spacial score (nSPS) is 21.5. The molecule has 4 nitrogen and oxygen atoms in total. The van der Waals surface area contributed by atoms with Crippen LogP contribution in [0.5, 0.6) is 0 Å². The molecule has 0 spiro atoms. The molecule has 28 heavy (non-hydrogen) atoms. The number of nitrogens with zero attached hydrogens (tertiary/aromatic N) is 1. The molecule has 1 N–H and O–H groups in total. The number of aryl methyl sites for hydroxylation is 1. The second kappa shape index (κ2) is 8.26. The molecule has 0 radical (unpaired) electrons. The van der Waals surface area contributed by atoms with Crippen molar-refractivity contribution < 1.29 is 9.59 Å². The number of ketones is 1. The fourth-order valence-electron chi connectivity index (χ4n) is 4.72. The van der Waals surface area contributed by atoms with Crippen molar-refractivity contribution in [2.45, 2.75) is 73.3 Å². The summed E-state index contributed by atoms with van der Waals surface area (Å²) >= 11 is 0.